The number of nitriles is 1. The van der Waals surface area contributed by atoms with Crippen LogP contribution < -0.4 is 11.1 Å². The topological polar surface area (TPSA) is 146 Å². The first-order valence-electron chi connectivity index (χ1n) is 5.12. The van der Waals surface area contributed by atoms with E-state index in [2.05, 4.69) is 10.3 Å². The van der Waals surface area contributed by atoms with E-state index in [0.29, 0.717) is 0 Å². The van der Waals surface area contributed by atoms with Crippen LogP contribution in [0.15, 0.2) is 18.3 Å². The summed E-state index contributed by atoms with van der Waals surface area (Å²) in [4.78, 5) is 36.9. The Labute approximate surface area is 107 Å². The van der Waals surface area contributed by atoms with E-state index < -0.39 is 30.2 Å². The lowest BCUT2D eigenvalue weighted by Gasteiger charge is -2.12. The zero-order valence-corrected chi connectivity index (χ0v) is 9.66. The number of hydrogen-bond donors (Lipinski definition) is 3. The summed E-state index contributed by atoms with van der Waals surface area (Å²) in [7, 11) is 0. The third kappa shape index (κ3) is 4.08. The van der Waals surface area contributed by atoms with Crippen molar-refractivity contribution in [2.75, 3.05) is 0 Å². The van der Waals surface area contributed by atoms with Crippen LogP contribution in [0.25, 0.3) is 0 Å². The fourth-order valence-corrected chi connectivity index (χ4v) is 1.23. The molecule has 0 saturated carbocycles. The second-order valence-corrected chi connectivity index (χ2v) is 3.58. The van der Waals surface area contributed by atoms with E-state index >= 15 is 0 Å². The maximum atomic E-state index is 11.7. The Balaban J connectivity index is 2.78. The molecule has 0 aliphatic rings. The molecule has 1 rings (SSSR count). The van der Waals surface area contributed by atoms with Gasteiger partial charge in [-0.3, -0.25) is 9.59 Å². The monoisotopic (exact) mass is 262 g/mol. The van der Waals surface area contributed by atoms with Crippen LogP contribution >= 0.6 is 0 Å². The zero-order valence-electron chi connectivity index (χ0n) is 9.66. The molecule has 0 aromatic carbocycles. The average Bonchev–Trinajstić information content (AvgIpc) is 2.37. The van der Waals surface area contributed by atoms with Gasteiger partial charge in [-0.05, 0) is 12.1 Å². The Bertz CT molecular complexity index is 547. The highest BCUT2D eigenvalue weighted by molar-refractivity contribution is 5.96. The number of nitrogens with zero attached hydrogens (tertiary/aromatic N) is 2. The van der Waals surface area contributed by atoms with Gasteiger partial charge in [-0.15, -0.1) is 0 Å². The van der Waals surface area contributed by atoms with Crippen LogP contribution in [0.3, 0.4) is 0 Å². The van der Waals surface area contributed by atoms with Gasteiger partial charge in [0.2, 0.25) is 5.91 Å². The maximum absolute atomic E-state index is 11.7. The Morgan fingerprint density at radius 3 is 2.58 bits per heavy atom. The number of nitrogens with one attached hydrogen (secondary N) is 1. The van der Waals surface area contributed by atoms with Gasteiger partial charge in [0.25, 0.3) is 5.91 Å². The molecule has 0 radical (unpaired) electrons. The predicted molar refractivity (Wildman–Crippen MR) is 61.7 cm³/mol. The molecule has 0 unspecified atom stereocenters. The van der Waals surface area contributed by atoms with Crippen LogP contribution in [0.2, 0.25) is 0 Å². The second-order valence-electron chi connectivity index (χ2n) is 3.58. The third-order valence-electron chi connectivity index (χ3n) is 2.13. The van der Waals surface area contributed by atoms with Gasteiger partial charge >= 0.3 is 5.97 Å². The largest absolute Gasteiger partial charge is 0.480 e. The summed E-state index contributed by atoms with van der Waals surface area (Å²) >= 11 is 0. The first kappa shape index (κ1) is 14.1. The summed E-state index contributed by atoms with van der Waals surface area (Å²) in [6.45, 7) is 0. The number of rotatable bonds is 5. The Morgan fingerprint density at radius 2 is 2.16 bits per heavy atom. The Kier molecular flexibility index (Phi) is 4.54. The second kappa shape index (κ2) is 6.11. The lowest BCUT2D eigenvalue weighted by molar-refractivity contribution is -0.140. The number of aliphatic carboxylic acids is 1. The lowest BCUT2D eigenvalue weighted by Crippen LogP contribution is -2.43. The number of pyridine rings is 1. The van der Waals surface area contributed by atoms with Crippen LogP contribution in [-0.2, 0) is 9.59 Å². The number of hydrogen-bond acceptors (Lipinski definition) is 5. The van der Waals surface area contributed by atoms with Crippen LogP contribution in [0.4, 0.5) is 0 Å². The summed E-state index contributed by atoms with van der Waals surface area (Å²) in [6.07, 6.45) is 0.663. The summed E-state index contributed by atoms with van der Waals surface area (Å²) < 4.78 is 0. The van der Waals surface area contributed by atoms with Gasteiger partial charge in [-0.1, -0.05) is 0 Å². The van der Waals surface area contributed by atoms with Crippen molar-refractivity contribution < 1.29 is 19.5 Å². The lowest BCUT2D eigenvalue weighted by atomic mass is 10.2. The normalized spacial score (nSPS) is 11.1. The molecule has 1 aromatic rings. The molecule has 0 aliphatic heterocycles. The van der Waals surface area contributed by atoms with E-state index in [1.165, 1.54) is 18.3 Å². The maximum Gasteiger partial charge on any atom is 0.326 e. The van der Waals surface area contributed by atoms with E-state index in [9.17, 15) is 14.4 Å². The molecule has 19 heavy (non-hydrogen) atoms. The van der Waals surface area contributed by atoms with Crippen molar-refractivity contribution in [3.05, 3.63) is 29.6 Å². The van der Waals surface area contributed by atoms with E-state index in [1.807, 2.05) is 6.07 Å². The van der Waals surface area contributed by atoms with Gasteiger partial charge in [0.05, 0.1) is 12.0 Å². The number of nitrogens with two attached hydrogens (primary N) is 1. The molecule has 2 amide bonds. The highest BCUT2D eigenvalue weighted by Crippen LogP contribution is 2.00. The molecule has 8 nitrogen and oxygen atoms in total. The average molecular weight is 262 g/mol. The Hall–Kier alpha value is -2.95. The van der Waals surface area contributed by atoms with Crippen molar-refractivity contribution >= 4 is 17.8 Å². The molecule has 4 N–H and O–H groups in total. The minimum absolute atomic E-state index is 0.0604. The van der Waals surface area contributed by atoms with E-state index in [-0.39, 0.29) is 11.3 Å². The Morgan fingerprint density at radius 1 is 1.47 bits per heavy atom. The minimum atomic E-state index is -1.41. The molecular formula is C11H10N4O4. The van der Waals surface area contributed by atoms with Gasteiger partial charge in [0.1, 0.15) is 17.8 Å². The quantitative estimate of drug-likeness (QED) is 0.621. The van der Waals surface area contributed by atoms with Gasteiger partial charge in [0, 0.05) is 6.20 Å². The van der Waals surface area contributed by atoms with Gasteiger partial charge in [-0.25, -0.2) is 9.78 Å². The standard InChI is InChI=1S/C11H10N4O4/c12-4-6-1-2-7(14-5-6)10(17)15-8(11(18)19)3-9(13)16/h1-2,5,8H,3H2,(H2,13,16)(H,15,17)(H,18,19)/t8-/m0/s1. The number of amides is 2. The van der Waals surface area contributed by atoms with E-state index in [1.54, 1.807) is 0 Å². The number of aromatic nitrogens is 1. The van der Waals surface area contributed by atoms with Crippen molar-refractivity contribution in [3.8, 4) is 6.07 Å². The molecule has 0 bridgehead atoms. The summed E-state index contributed by atoms with van der Waals surface area (Å²) in [6, 6.07) is 3.06. The van der Waals surface area contributed by atoms with E-state index in [4.69, 9.17) is 16.1 Å². The molecule has 8 heteroatoms. The van der Waals surface area contributed by atoms with Crippen LogP contribution in [0.1, 0.15) is 22.5 Å². The number of carboxylic acids is 1. The first-order valence-corrected chi connectivity index (χ1v) is 5.12. The zero-order chi connectivity index (χ0) is 14.4. The summed E-state index contributed by atoms with van der Waals surface area (Å²) in [5.41, 5.74) is 5.08. The van der Waals surface area contributed by atoms with Crippen molar-refractivity contribution in [1.82, 2.24) is 10.3 Å². The van der Waals surface area contributed by atoms with Crippen LogP contribution in [-0.4, -0.2) is 33.9 Å². The molecule has 1 heterocycles. The summed E-state index contributed by atoms with van der Waals surface area (Å²) in [5, 5.41) is 19.5. The molecule has 1 atom stereocenters. The van der Waals surface area contributed by atoms with Crippen molar-refractivity contribution in [3.63, 3.8) is 0 Å². The number of primary amides is 1. The van der Waals surface area contributed by atoms with Gasteiger partial charge < -0.3 is 16.2 Å². The SMILES string of the molecule is N#Cc1ccc(C(=O)N[C@@H](CC(N)=O)C(=O)O)nc1. The number of carbonyl (C=O) groups is 3. The van der Waals surface area contributed by atoms with Crippen LogP contribution in [0, 0.1) is 11.3 Å². The molecule has 0 saturated heterocycles. The molecule has 0 spiro atoms. The van der Waals surface area contributed by atoms with Crippen LogP contribution in [0.5, 0.6) is 0 Å². The van der Waals surface area contributed by atoms with Crippen molar-refractivity contribution in [2.24, 2.45) is 5.73 Å². The molecule has 0 fully saturated rings. The highest BCUT2D eigenvalue weighted by Gasteiger charge is 2.23. The fraction of sp³-hybridized carbons (Fsp3) is 0.182. The molecular weight excluding hydrogens is 252 g/mol. The molecule has 1 aromatic heterocycles. The van der Waals surface area contributed by atoms with Crippen molar-refractivity contribution in [2.45, 2.75) is 12.5 Å². The molecule has 98 valence electrons. The van der Waals surface area contributed by atoms with E-state index in [0.717, 1.165) is 0 Å². The fourth-order valence-electron chi connectivity index (χ4n) is 1.23. The first-order chi connectivity index (χ1) is 8.93. The minimum Gasteiger partial charge on any atom is -0.480 e. The smallest absolute Gasteiger partial charge is 0.326 e. The predicted octanol–water partition coefficient (Wildman–Crippen LogP) is -0.988. The summed E-state index contributed by atoms with van der Waals surface area (Å²) in [5.74, 6) is -2.99. The van der Waals surface area contributed by atoms with Gasteiger partial charge in [0.15, 0.2) is 0 Å². The highest BCUT2D eigenvalue weighted by atomic mass is 16.4. The third-order valence-corrected chi connectivity index (χ3v) is 2.13. The number of carboxylic acid groups (broad SMARTS) is 1. The van der Waals surface area contributed by atoms with Gasteiger partial charge in [-0.2, -0.15) is 5.26 Å². The van der Waals surface area contributed by atoms with Crippen molar-refractivity contribution in [1.29, 1.82) is 5.26 Å². The molecule has 0 aliphatic carbocycles. The number of carbonyl (C=O) groups excluding carboxylic acids is 2.